The van der Waals surface area contributed by atoms with E-state index < -0.39 is 6.80 Å². The summed E-state index contributed by atoms with van der Waals surface area (Å²) in [6.45, 7) is 2.29. The number of hydrogen-bond donors (Lipinski definition) is 2. The van der Waals surface area contributed by atoms with Gasteiger partial charge in [0, 0.05) is 6.21 Å². The van der Waals surface area contributed by atoms with Crippen LogP contribution in [-0.4, -0.2) is 33.4 Å². The maximum absolute atomic E-state index is 11.1. The SMILES string of the molecule is C\C=N/C=c1/ncn(C2CCC(COP(=O)(O)S)O2)/c1=C(/C)CC. The van der Waals surface area contributed by atoms with E-state index in [-0.39, 0.29) is 18.9 Å². The van der Waals surface area contributed by atoms with Crippen molar-refractivity contribution in [3.8, 4) is 0 Å². The number of ether oxygens (including phenoxy) is 1. The largest absolute Gasteiger partial charge is 0.383 e. The normalized spacial score (nSPS) is 26.1. The maximum Gasteiger partial charge on any atom is 0.383 e. The zero-order chi connectivity index (χ0) is 17.7. The van der Waals surface area contributed by atoms with Crippen molar-refractivity contribution >= 4 is 37.0 Å². The molecule has 1 fully saturated rings. The summed E-state index contributed by atoms with van der Waals surface area (Å²) in [5, 5.41) is 1.82. The fourth-order valence-corrected chi connectivity index (χ4v) is 3.19. The molecule has 3 atom stereocenters. The number of rotatable bonds is 6. The van der Waals surface area contributed by atoms with Gasteiger partial charge in [-0.3, -0.25) is 9.52 Å². The molecule has 1 saturated heterocycles. The van der Waals surface area contributed by atoms with E-state index in [1.807, 2.05) is 11.5 Å². The third-order valence-electron chi connectivity index (χ3n) is 3.93. The van der Waals surface area contributed by atoms with Crippen LogP contribution in [0.4, 0.5) is 0 Å². The maximum atomic E-state index is 11.1. The molecule has 0 aromatic carbocycles. The van der Waals surface area contributed by atoms with Crippen LogP contribution in [0.25, 0.3) is 11.8 Å². The van der Waals surface area contributed by atoms with Gasteiger partial charge in [-0.25, -0.2) is 9.55 Å². The van der Waals surface area contributed by atoms with E-state index in [9.17, 15) is 4.57 Å². The quantitative estimate of drug-likeness (QED) is 0.453. The second kappa shape index (κ2) is 8.45. The number of thiol groups is 1. The molecule has 0 spiro atoms. The van der Waals surface area contributed by atoms with Crippen molar-refractivity contribution in [1.29, 1.82) is 0 Å². The second-order valence-corrected chi connectivity index (χ2v) is 8.39. The highest BCUT2D eigenvalue weighted by atomic mass is 32.7. The van der Waals surface area contributed by atoms with E-state index in [0.29, 0.717) is 0 Å². The van der Waals surface area contributed by atoms with Gasteiger partial charge in [0.1, 0.15) is 11.6 Å². The molecule has 0 amide bonds. The van der Waals surface area contributed by atoms with E-state index in [2.05, 4.69) is 36.1 Å². The Morgan fingerprint density at radius 3 is 3.04 bits per heavy atom. The lowest BCUT2D eigenvalue weighted by Crippen LogP contribution is -2.34. The minimum atomic E-state index is -3.78. The van der Waals surface area contributed by atoms with Crippen LogP contribution in [0.15, 0.2) is 11.3 Å². The van der Waals surface area contributed by atoms with Crippen LogP contribution < -0.4 is 10.7 Å². The van der Waals surface area contributed by atoms with Gasteiger partial charge in [-0.05, 0) is 38.7 Å². The van der Waals surface area contributed by atoms with Gasteiger partial charge in [-0.2, -0.15) is 0 Å². The molecule has 9 heteroatoms. The third-order valence-corrected chi connectivity index (χ3v) is 4.76. The van der Waals surface area contributed by atoms with Crippen LogP contribution in [0.5, 0.6) is 0 Å². The highest BCUT2D eigenvalue weighted by Gasteiger charge is 2.29. The fourth-order valence-electron chi connectivity index (χ4n) is 2.63. The van der Waals surface area contributed by atoms with Crippen LogP contribution in [0.1, 0.15) is 46.3 Å². The molecule has 1 aliphatic rings. The molecule has 3 unspecified atom stereocenters. The highest BCUT2D eigenvalue weighted by molar-refractivity contribution is 8.44. The Labute approximate surface area is 146 Å². The number of hydrogen-bond acceptors (Lipinski definition) is 5. The summed E-state index contributed by atoms with van der Waals surface area (Å²) in [5.74, 6) is 0. The zero-order valence-electron chi connectivity index (χ0n) is 14.1. The first kappa shape index (κ1) is 19.4. The average molecular weight is 373 g/mol. The Hall–Kier alpha value is -0.920. The van der Waals surface area contributed by atoms with Gasteiger partial charge in [0.25, 0.3) is 0 Å². The molecule has 7 nitrogen and oxygen atoms in total. The Balaban J connectivity index is 2.25. The average Bonchev–Trinajstić information content (AvgIpc) is 3.15. The van der Waals surface area contributed by atoms with Gasteiger partial charge in [0.05, 0.1) is 30.6 Å². The molecule has 24 heavy (non-hydrogen) atoms. The van der Waals surface area contributed by atoms with E-state index in [0.717, 1.165) is 30.0 Å². The first-order valence-electron chi connectivity index (χ1n) is 7.91. The second-order valence-electron chi connectivity index (χ2n) is 5.63. The van der Waals surface area contributed by atoms with Crippen molar-refractivity contribution in [3.05, 3.63) is 17.0 Å². The summed E-state index contributed by atoms with van der Waals surface area (Å²) in [6.07, 6.45) is 7.23. The Morgan fingerprint density at radius 2 is 2.42 bits per heavy atom. The molecule has 0 bridgehead atoms. The summed E-state index contributed by atoms with van der Waals surface area (Å²) in [4.78, 5) is 17.7. The molecule has 134 valence electrons. The van der Waals surface area contributed by atoms with E-state index >= 15 is 0 Å². The summed E-state index contributed by atoms with van der Waals surface area (Å²) >= 11 is 3.51. The molecule has 1 aromatic heterocycles. The van der Waals surface area contributed by atoms with Crippen molar-refractivity contribution in [1.82, 2.24) is 9.55 Å². The van der Waals surface area contributed by atoms with Crippen molar-refractivity contribution in [3.63, 3.8) is 0 Å². The smallest absolute Gasteiger partial charge is 0.352 e. The lowest BCUT2D eigenvalue weighted by Gasteiger charge is -2.16. The Bertz CT molecular complexity index is 755. The van der Waals surface area contributed by atoms with E-state index in [1.165, 1.54) is 5.57 Å². The number of aromatic nitrogens is 2. The van der Waals surface area contributed by atoms with Gasteiger partial charge < -0.3 is 14.2 Å². The summed E-state index contributed by atoms with van der Waals surface area (Å²) < 4.78 is 23.9. The third kappa shape index (κ3) is 5.04. The molecule has 0 saturated carbocycles. The van der Waals surface area contributed by atoms with Crippen LogP contribution >= 0.6 is 19.0 Å². The molecular formula is C15H24N3O4PS. The first-order valence-corrected chi connectivity index (χ1v) is 10.6. The molecule has 2 rings (SSSR count). The van der Waals surface area contributed by atoms with Gasteiger partial charge in [0.2, 0.25) is 0 Å². The first-order chi connectivity index (χ1) is 11.4. The predicted octanol–water partition coefficient (Wildman–Crippen LogP) is 2.02. The van der Waals surface area contributed by atoms with E-state index in [4.69, 9.17) is 14.2 Å². The molecule has 1 N–H and O–H groups in total. The molecule has 1 aliphatic heterocycles. The number of imidazole rings is 1. The Morgan fingerprint density at radius 1 is 1.67 bits per heavy atom. The molecular weight excluding hydrogens is 349 g/mol. The van der Waals surface area contributed by atoms with Crippen molar-refractivity contribution in [2.75, 3.05) is 6.61 Å². The summed E-state index contributed by atoms with van der Waals surface area (Å²) in [6, 6.07) is 0. The van der Waals surface area contributed by atoms with Crippen molar-refractivity contribution in [2.24, 2.45) is 4.99 Å². The van der Waals surface area contributed by atoms with Crippen molar-refractivity contribution in [2.45, 2.75) is 52.4 Å². The molecule has 1 aromatic rings. The van der Waals surface area contributed by atoms with Crippen LogP contribution in [0, 0.1) is 0 Å². The van der Waals surface area contributed by atoms with Crippen LogP contribution in [0.2, 0.25) is 0 Å². The lowest BCUT2D eigenvalue weighted by molar-refractivity contribution is -0.0197. The molecule has 0 radical (unpaired) electrons. The van der Waals surface area contributed by atoms with Gasteiger partial charge in [-0.15, -0.1) is 0 Å². The highest BCUT2D eigenvalue weighted by Crippen LogP contribution is 2.47. The number of nitrogens with zero attached hydrogens (tertiary/aromatic N) is 3. The van der Waals surface area contributed by atoms with E-state index in [1.54, 1.807) is 18.7 Å². The summed E-state index contributed by atoms with van der Waals surface area (Å²) in [5.41, 5.74) is 1.20. The number of aliphatic imine (C=N–C) groups is 1. The van der Waals surface area contributed by atoms with Gasteiger partial charge in [-0.1, -0.05) is 19.2 Å². The van der Waals surface area contributed by atoms with Gasteiger partial charge in [0.15, 0.2) is 0 Å². The van der Waals surface area contributed by atoms with Gasteiger partial charge >= 0.3 is 6.80 Å². The topological polar surface area (TPSA) is 85.9 Å². The zero-order valence-corrected chi connectivity index (χ0v) is 15.9. The predicted molar refractivity (Wildman–Crippen MR) is 97.4 cm³/mol. The molecule has 2 heterocycles. The van der Waals surface area contributed by atoms with Crippen LogP contribution in [-0.2, 0) is 13.8 Å². The Kier molecular flexibility index (Phi) is 6.83. The molecule has 0 aliphatic carbocycles. The lowest BCUT2D eigenvalue weighted by atomic mass is 10.2. The standard InChI is InChI=1S/C15H24N3O4PS/c1-4-11(3)15-13(8-16-5-2)17-10-18(15)14-7-6-12(22-14)9-21-23(19,20)24/h5,8,10,12,14H,4,6-7,9H2,1-3H3,(H2,19,20,24)/b13-8+,15-11-,16-5-. The summed E-state index contributed by atoms with van der Waals surface area (Å²) in [7, 11) is 0. The minimum absolute atomic E-state index is 0.0490. The monoisotopic (exact) mass is 373 g/mol. The minimum Gasteiger partial charge on any atom is -0.352 e. The van der Waals surface area contributed by atoms with Crippen LogP contribution in [0.3, 0.4) is 0 Å². The fraction of sp³-hybridized carbons (Fsp3) is 0.600. The van der Waals surface area contributed by atoms with Crippen molar-refractivity contribution < 1.29 is 18.7 Å².